The van der Waals surface area contributed by atoms with Gasteiger partial charge in [0.25, 0.3) is 0 Å². The lowest BCUT2D eigenvalue weighted by Gasteiger charge is -2.17. The van der Waals surface area contributed by atoms with Crippen LogP contribution in [0, 0.1) is 22.7 Å². The molecule has 88 valence electrons. The van der Waals surface area contributed by atoms with Crippen LogP contribution in [0.4, 0.5) is 11.8 Å². The molecule has 0 radical (unpaired) electrons. The lowest BCUT2D eigenvalue weighted by Crippen LogP contribution is -2.29. The van der Waals surface area contributed by atoms with Crippen molar-refractivity contribution in [2.24, 2.45) is 0 Å². The minimum atomic E-state index is -0.752. The van der Waals surface area contributed by atoms with Gasteiger partial charge in [0, 0.05) is 6.54 Å². The molecular formula is C11H14N6. The van der Waals surface area contributed by atoms with Crippen molar-refractivity contribution in [2.45, 2.75) is 26.3 Å². The first kappa shape index (κ1) is 12.7. The Balaban J connectivity index is 3.02. The van der Waals surface area contributed by atoms with E-state index in [4.69, 9.17) is 10.5 Å². The van der Waals surface area contributed by atoms with Gasteiger partial charge in [-0.25, -0.2) is 4.98 Å². The van der Waals surface area contributed by atoms with E-state index in [9.17, 15) is 0 Å². The topological polar surface area (TPSA) is 97.4 Å². The fourth-order valence-corrected chi connectivity index (χ4v) is 1.13. The summed E-state index contributed by atoms with van der Waals surface area (Å²) < 4.78 is 0. The molecular weight excluding hydrogens is 216 g/mol. The highest BCUT2D eigenvalue weighted by atomic mass is 15.2. The maximum absolute atomic E-state index is 8.89. The molecule has 0 saturated carbocycles. The molecule has 0 aliphatic carbocycles. The molecule has 0 saturated heterocycles. The van der Waals surface area contributed by atoms with Gasteiger partial charge in [0.1, 0.15) is 23.0 Å². The molecule has 0 amide bonds. The molecule has 0 fully saturated rings. The summed E-state index contributed by atoms with van der Waals surface area (Å²) in [5, 5.41) is 23.6. The first-order valence-corrected chi connectivity index (χ1v) is 5.23. The smallest absolute Gasteiger partial charge is 0.225 e. The van der Waals surface area contributed by atoms with E-state index >= 15 is 0 Å². The monoisotopic (exact) mass is 230 g/mol. The quantitative estimate of drug-likeness (QED) is 0.813. The number of nitriles is 2. The maximum atomic E-state index is 8.89. The summed E-state index contributed by atoms with van der Waals surface area (Å²) in [6.07, 6.45) is 1.43. The Kier molecular flexibility index (Phi) is 3.84. The number of rotatable bonds is 4. The van der Waals surface area contributed by atoms with Crippen LogP contribution in [0.15, 0.2) is 6.20 Å². The third kappa shape index (κ3) is 3.32. The molecule has 0 aliphatic rings. The van der Waals surface area contributed by atoms with Gasteiger partial charge >= 0.3 is 0 Å². The summed E-state index contributed by atoms with van der Waals surface area (Å²) >= 11 is 0. The highest BCUT2D eigenvalue weighted by Gasteiger charge is 2.18. The van der Waals surface area contributed by atoms with Crippen LogP contribution < -0.4 is 10.6 Å². The van der Waals surface area contributed by atoms with Crippen LogP contribution in [-0.4, -0.2) is 22.1 Å². The number of nitrogens with one attached hydrogen (secondary N) is 2. The second kappa shape index (κ2) is 5.13. The fraction of sp³-hybridized carbons (Fsp3) is 0.455. The average Bonchev–Trinajstić information content (AvgIpc) is 2.29. The lowest BCUT2D eigenvalue weighted by atomic mass is 10.1. The standard InChI is InChI=1S/C11H14N6/c1-4-14-9-8(5-12)6-15-10(16-9)17-11(2,3)7-13/h6H,4H2,1-3H3,(H2,14,15,16,17). The molecule has 6 heteroatoms. The SMILES string of the molecule is CCNc1nc(NC(C)(C)C#N)ncc1C#N. The zero-order valence-electron chi connectivity index (χ0n) is 10.1. The summed E-state index contributed by atoms with van der Waals surface area (Å²) in [4.78, 5) is 8.15. The van der Waals surface area contributed by atoms with Crippen LogP contribution in [0.5, 0.6) is 0 Å². The minimum Gasteiger partial charge on any atom is -0.369 e. The predicted octanol–water partition coefficient (Wildman–Crippen LogP) is 1.49. The fourth-order valence-electron chi connectivity index (χ4n) is 1.13. The molecule has 0 aliphatic heterocycles. The summed E-state index contributed by atoms with van der Waals surface area (Å²) in [7, 11) is 0. The van der Waals surface area contributed by atoms with E-state index in [1.807, 2.05) is 13.0 Å². The van der Waals surface area contributed by atoms with Crippen molar-refractivity contribution in [3.05, 3.63) is 11.8 Å². The third-order valence-electron chi connectivity index (χ3n) is 1.96. The van der Waals surface area contributed by atoms with Gasteiger partial charge in [0.15, 0.2) is 0 Å². The van der Waals surface area contributed by atoms with Crippen molar-refractivity contribution >= 4 is 11.8 Å². The number of hydrogen-bond acceptors (Lipinski definition) is 6. The van der Waals surface area contributed by atoms with E-state index in [1.165, 1.54) is 6.20 Å². The Hall–Kier alpha value is -2.34. The van der Waals surface area contributed by atoms with Gasteiger partial charge in [-0.15, -0.1) is 0 Å². The van der Waals surface area contributed by atoms with Crippen molar-refractivity contribution in [1.29, 1.82) is 10.5 Å². The largest absolute Gasteiger partial charge is 0.369 e. The van der Waals surface area contributed by atoms with Gasteiger partial charge in [-0.3, -0.25) is 0 Å². The molecule has 0 atom stereocenters. The van der Waals surface area contributed by atoms with Gasteiger partial charge in [-0.2, -0.15) is 15.5 Å². The molecule has 17 heavy (non-hydrogen) atoms. The highest BCUT2D eigenvalue weighted by molar-refractivity contribution is 5.53. The molecule has 1 aromatic heterocycles. The normalized spacial score (nSPS) is 10.2. The molecule has 0 bridgehead atoms. The van der Waals surface area contributed by atoms with E-state index in [0.29, 0.717) is 23.9 Å². The first-order chi connectivity index (χ1) is 8.02. The average molecular weight is 230 g/mol. The van der Waals surface area contributed by atoms with Crippen molar-refractivity contribution in [3.63, 3.8) is 0 Å². The van der Waals surface area contributed by atoms with Gasteiger partial charge in [-0.1, -0.05) is 0 Å². The number of aromatic nitrogens is 2. The zero-order chi connectivity index (χ0) is 12.9. The summed E-state index contributed by atoms with van der Waals surface area (Å²) in [5.74, 6) is 0.799. The minimum absolute atomic E-state index is 0.325. The molecule has 0 unspecified atom stereocenters. The van der Waals surface area contributed by atoms with E-state index in [-0.39, 0.29) is 0 Å². The molecule has 2 N–H and O–H groups in total. The third-order valence-corrected chi connectivity index (χ3v) is 1.96. The Morgan fingerprint density at radius 1 is 1.41 bits per heavy atom. The van der Waals surface area contributed by atoms with E-state index in [0.717, 1.165) is 0 Å². The van der Waals surface area contributed by atoms with Crippen molar-refractivity contribution in [3.8, 4) is 12.1 Å². The summed E-state index contributed by atoms with van der Waals surface area (Å²) in [6, 6.07) is 4.10. The summed E-state index contributed by atoms with van der Waals surface area (Å²) in [6.45, 7) is 6.02. The van der Waals surface area contributed by atoms with E-state index in [1.54, 1.807) is 13.8 Å². The van der Waals surface area contributed by atoms with Crippen LogP contribution in [0.2, 0.25) is 0 Å². The van der Waals surface area contributed by atoms with E-state index < -0.39 is 5.54 Å². The van der Waals surface area contributed by atoms with Crippen LogP contribution in [0.1, 0.15) is 26.3 Å². The molecule has 0 spiro atoms. The van der Waals surface area contributed by atoms with Crippen molar-refractivity contribution in [2.75, 3.05) is 17.2 Å². The Labute approximate surface area is 100 Å². The zero-order valence-corrected chi connectivity index (χ0v) is 10.1. The van der Waals surface area contributed by atoms with Gasteiger partial charge in [-0.05, 0) is 20.8 Å². The van der Waals surface area contributed by atoms with Crippen molar-refractivity contribution in [1.82, 2.24) is 9.97 Å². The van der Waals surface area contributed by atoms with Gasteiger partial charge in [0.2, 0.25) is 5.95 Å². The number of hydrogen-bond donors (Lipinski definition) is 2. The Bertz CT molecular complexity index is 480. The molecule has 1 aromatic rings. The van der Waals surface area contributed by atoms with Gasteiger partial charge < -0.3 is 10.6 Å². The van der Waals surface area contributed by atoms with Crippen molar-refractivity contribution < 1.29 is 0 Å². The highest BCUT2D eigenvalue weighted by Crippen LogP contribution is 2.15. The summed E-state index contributed by atoms with van der Waals surface area (Å²) in [5.41, 5.74) is -0.371. The number of anilines is 2. The lowest BCUT2D eigenvalue weighted by molar-refractivity contribution is 0.717. The molecule has 1 rings (SSSR count). The van der Waals surface area contributed by atoms with Gasteiger partial charge in [0.05, 0.1) is 12.3 Å². The van der Waals surface area contributed by atoms with Crippen LogP contribution in [-0.2, 0) is 0 Å². The van der Waals surface area contributed by atoms with E-state index in [2.05, 4.69) is 26.7 Å². The Morgan fingerprint density at radius 2 is 2.12 bits per heavy atom. The maximum Gasteiger partial charge on any atom is 0.225 e. The second-order valence-corrected chi connectivity index (χ2v) is 3.96. The first-order valence-electron chi connectivity index (χ1n) is 5.23. The second-order valence-electron chi connectivity index (χ2n) is 3.96. The Morgan fingerprint density at radius 3 is 2.65 bits per heavy atom. The van der Waals surface area contributed by atoms with Crippen LogP contribution >= 0.6 is 0 Å². The molecule has 0 aromatic carbocycles. The predicted molar refractivity (Wildman–Crippen MR) is 64.2 cm³/mol. The van der Waals surface area contributed by atoms with Crippen LogP contribution in [0.3, 0.4) is 0 Å². The molecule has 1 heterocycles. The number of nitrogens with zero attached hydrogens (tertiary/aromatic N) is 4. The van der Waals surface area contributed by atoms with Crippen LogP contribution in [0.25, 0.3) is 0 Å². The molecule has 6 nitrogen and oxygen atoms in total.